The topological polar surface area (TPSA) is 80.2 Å². The molecule has 0 spiro atoms. The minimum atomic E-state index is -3.53. The monoisotopic (exact) mass is 452 g/mol. The molecule has 30 heavy (non-hydrogen) atoms. The Morgan fingerprint density at radius 1 is 1.13 bits per heavy atom. The highest BCUT2D eigenvalue weighted by molar-refractivity contribution is 7.89. The van der Waals surface area contributed by atoms with Crippen LogP contribution in [-0.2, 0) is 14.8 Å². The molecule has 1 heterocycles. The number of rotatable bonds is 6. The van der Waals surface area contributed by atoms with Gasteiger partial charge in [0.1, 0.15) is 5.75 Å². The van der Waals surface area contributed by atoms with Gasteiger partial charge in [0.05, 0.1) is 43.9 Å². The fraction of sp³-hybridized carbons (Fsp3) is 0.381. The molecule has 2 N–H and O–H groups in total. The van der Waals surface area contributed by atoms with Crippen molar-refractivity contribution in [2.24, 2.45) is 0 Å². The number of hydrogen-bond donors (Lipinski definition) is 2. The number of carbonyl (C=O) groups is 1. The Hall–Kier alpha value is -2.13. The van der Waals surface area contributed by atoms with Crippen LogP contribution in [0, 0.1) is 13.8 Å². The van der Waals surface area contributed by atoms with Gasteiger partial charge in [-0.1, -0.05) is 17.7 Å². The van der Waals surface area contributed by atoms with Crippen LogP contribution in [0.1, 0.15) is 11.1 Å². The van der Waals surface area contributed by atoms with Crippen LogP contribution in [0.3, 0.4) is 0 Å². The van der Waals surface area contributed by atoms with Crippen molar-refractivity contribution in [2.45, 2.75) is 18.7 Å². The average molecular weight is 453 g/mol. The maximum Gasteiger partial charge on any atom is 0.279 e. The van der Waals surface area contributed by atoms with E-state index < -0.39 is 10.0 Å². The van der Waals surface area contributed by atoms with Crippen LogP contribution in [0.25, 0.3) is 0 Å². The van der Waals surface area contributed by atoms with E-state index in [0.29, 0.717) is 47.5 Å². The van der Waals surface area contributed by atoms with Crippen LogP contribution < -0.4 is 15.0 Å². The fourth-order valence-corrected chi connectivity index (χ4v) is 5.14. The number of hydrogen-bond acceptors (Lipinski definition) is 4. The van der Waals surface area contributed by atoms with Crippen molar-refractivity contribution in [1.29, 1.82) is 0 Å². The van der Waals surface area contributed by atoms with Crippen LogP contribution in [0.2, 0.25) is 5.02 Å². The van der Waals surface area contributed by atoms with Crippen molar-refractivity contribution < 1.29 is 22.8 Å². The molecule has 1 aliphatic heterocycles. The first-order valence-corrected chi connectivity index (χ1v) is 11.6. The second kappa shape index (κ2) is 9.34. The number of benzene rings is 2. The molecule has 0 radical (unpaired) electrons. The smallest absolute Gasteiger partial charge is 0.279 e. The summed E-state index contributed by atoms with van der Waals surface area (Å²) in [4.78, 5) is 13.8. The molecule has 7 nitrogen and oxygen atoms in total. The predicted octanol–water partition coefficient (Wildman–Crippen LogP) is 1.49. The van der Waals surface area contributed by atoms with E-state index in [2.05, 4.69) is 5.32 Å². The third-order valence-corrected chi connectivity index (χ3v) is 7.52. The second-order valence-corrected chi connectivity index (χ2v) is 9.84. The molecule has 2 aromatic rings. The molecule has 0 aromatic heterocycles. The lowest BCUT2D eigenvalue weighted by Gasteiger charge is -2.31. The SMILES string of the molecule is COc1ccc(Cl)cc1NC(=O)C[NH+]1CCN(S(=O)(=O)c2ccc(C)c(C)c2)CC1. The molecular weight excluding hydrogens is 426 g/mol. The molecule has 0 bridgehead atoms. The summed E-state index contributed by atoms with van der Waals surface area (Å²) in [6.45, 7) is 5.97. The van der Waals surface area contributed by atoms with Gasteiger partial charge in [-0.3, -0.25) is 4.79 Å². The first kappa shape index (κ1) is 22.6. The second-order valence-electron chi connectivity index (χ2n) is 7.47. The average Bonchev–Trinajstić information content (AvgIpc) is 2.70. The number of nitrogens with zero attached hydrogens (tertiary/aromatic N) is 1. The van der Waals surface area contributed by atoms with Gasteiger partial charge in [0.25, 0.3) is 5.91 Å². The van der Waals surface area contributed by atoms with E-state index in [9.17, 15) is 13.2 Å². The highest BCUT2D eigenvalue weighted by Crippen LogP contribution is 2.27. The van der Waals surface area contributed by atoms with E-state index in [1.54, 1.807) is 30.3 Å². The molecule has 1 fully saturated rings. The maximum atomic E-state index is 12.9. The predicted molar refractivity (Wildman–Crippen MR) is 117 cm³/mol. The number of ether oxygens (including phenoxy) is 1. The van der Waals surface area contributed by atoms with Crippen molar-refractivity contribution in [3.05, 3.63) is 52.5 Å². The summed E-state index contributed by atoms with van der Waals surface area (Å²) in [5, 5.41) is 3.33. The molecule has 1 amide bonds. The Kier molecular flexibility index (Phi) is 7.02. The van der Waals surface area contributed by atoms with E-state index >= 15 is 0 Å². The first-order valence-electron chi connectivity index (χ1n) is 9.75. The fourth-order valence-electron chi connectivity index (χ4n) is 3.44. The van der Waals surface area contributed by atoms with Crippen LogP contribution in [0.15, 0.2) is 41.3 Å². The number of carbonyl (C=O) groups excluding carboxylic acids is 1. The van der Waals surface area contributed by atoms with Gasteiger partial charge in [0.2, 0.25) is 10.0 Å². The largest absolute Gasteiger partial charge is 0.495 e. The minimum absolute atomic E-state index is 0.170. The summed E-state index contributed by atoms with van der Waals surface area (Å²) in [7, 11) is -2.00. The van der Waals surface area contributed by atoms with Crippen molar-refractivity contribution in [1.82, 2.24) is 4.31 Å². The lowest BCUT2D eigenvalue weighted by Crippen LogP contribution is -3.15. The molecule has 3 rings (SSSR count). The van der Waals surface area contributed by atoms with Gasteiger partial charge in [-0.15, -0.1) is 0 Å². The zero-order valence-electron chi connectivity index (χ0n) is 17.4. The highest BCUT2D eigenvalue weighted by atomic mass is 35.5. The Labute approximate surface area is 182 Å². The molecule has 0 saturated carbocycles. The number of amides is 1. The van der Waals surface area contributed by atoms with Gasteiger partial charge in [0.15, 0.2) is 6.54 Å². The standard InChI is InChI=1S/C21H26ClN3O4S/c1-15-4-6-18(12-16(15)2)30(27,28)25-10-8-24(9-11-25)14-21(26)23-19-13-17(22)5-7-20(19)29-3/h4-7,12-13H,8-11,14H2,1-3H3,(H,23,26)/p+1. The molecule has 0 unspecified atom stereocenters. The number of piperazine rings is 1. The number of aryl methyl sites for hydroxylation is 2. The molecule has 0 aliphatic carbocycles. The Morgan fingerprint density at radius 2 is 1.83 bits per heavy atom. The van der Waals surface area contributed by atoms with E-state index in [1.807, 2.05) is 19.9 Å². The Balaban J connectivity index is 1.58. The summed E-state index contributed by atoms with van der Waals surface area (Å²) in [6.07, 6.45) is 0. The normalized spacial score (nSPS) is 15.7. The van der Waals surface area contributed by atoms with Crippen LogP contribution >= 0.6 is 11.6 Å². The van der Waals surface area contributed by atoms with Gasteiger partial charge >= 0.3 is 0 Å². The number of quaternary nitrogens is 1. The van der Waals surface area contributed by atoms with Gasteiger partial charge in [-0.25, -0.2) is 8.42 Å². The van der Waals surface area contributed by atoms with Gasteiger partial charge < -0.3 is 15.0 Å². The number of methoxy groups -OCH3 is 1. The van der Waals surface area contributed by atoms with Gasteiger partial charge in [0, 0.05) is 5.02 Å². The highest BCUT2D eigenvalue weighted by Gasteiger charge is 2.31. The molecule has 1 aliphatic rings. The van der Waals surface area contributed by atoms with E-state index in [4.69, 9.17) is 16.3 Å². The van der Waals surface area contributed by atoms with Crippen LogP contribution in [0.5, 0.6) is 5.75 Å². The number of nitrogens with one attached hydrogen (secondary N) is 2. The maximum absolute atomic E-state index is 12.9. The summed E-state index contributed by atoms with van der Waals surface area (Å²) >= 11 is 6.00. The number of halogens is 1. The molecular formula is C21H27ClN3O4S+. The van der Waals surface area contributed by atoms with E-state index in [0.717, 1.165) is 16.0 Å². The molecule has 162 valence electrons. The summed E-state index contributed by atoms with van der Waals surface area (Å²) in [5.74, 6) is 0.364. The first-order chi connectivity index (χ1) is 14.2. The molecule has 1 saturated heterocycles. The third kappa shape index (κ3) is 5.13. The number of anilines is 1. The third-order valence-electron chi connectivity index (χ3n) is 5.39. The van der Waals surface area contributed by atoms with Crippen molar-refractivity contribution in [2.75, 3.05) is 45.2 Å². The molecule has 9 heteroatoms. The van der Waals surface area contributed by atoms with Gasteiger partial charge in [-0.05, 0) is 55.3 Å². The lowest BCUT2D eigenvalue weighted by atomic mass is 10.1. The Bertz CT molecular complexity index is 1030. The summed E-state index contributed by atoms with van der Waals surface area (Å²) in [6, 6.07) is 10.2. The quantitative estimate of drug-likeness (QED) is 0.696. The number of sulfonamides is 1. The van der Waals surface area contributed by atoms with E-state index in [1.165, 1.54) is 11.4 Å². The van der Waals surface area contributed by atoms with Crippen molar-refractivity contribution >= 4 is 33.2 Å². The zero-order chi connectivity index (χ0) is 21.9. The summed E-state index contributed by atoms with van der Waals surface area (Å²) < 4.78 is 32.6. The van der Waals surface area contributed by atoms with Crippen molar-refractivity contribution in [3.8, 4) is 5.75 Å². The van der Waals surface area contributed by atoms with Crippen molar-refractivity contribution in [3.63, 3.8) is 0 Å². The Morgan fingerprint density at radius 3 is 2.47 bits per heavy atom. The molecule has 0 atom stereocenters. The van der Waals surface area contributed by atoms with Crippen LogP contribution in [0.4, 0.5) is 5.69 Å². The minimum Gasteiger partial charge on any atom is -0.495 e. The van der Waals surface area contributed by atoms with Gasteiger partial charge in [-0.2, -0.15) is 4.31 Å². The zero-order valence-corrected chi connectivity index (χ0v) is 18.9. The van der Waals surface area contributed by atoms with Crippen LogP contribution in [-0.4, -0.2) is 58.5 Å². The lowest BCUT2D eigenvalue weighted by molar-refractivity contribution is -0.895. The van der Waals surface area contributed by atoms with E-state index in [-0.39, 0.29) is 12.5 Å². The summed E-state index contributed by atoms with van der Waals surface area (Å²) in [5.41, 5.74) is 2.53. The molecule has 2 aromatic carbocycles.